The lowest BCUT2D eigenvalue weighted by Crippen LogP contribution is -1.84. The molecule has 84 valence electrons. The third-order valence-electron chi connectivity index (χ3n) is 2.22. The van der Waals surface area contributed by atoms with Gasteiger partial charge in [-0.3, -0.25) is 0 Å². The summed E-state index contributed by atoms with van der Waals surface area (Å²) in [5.41, 5.74) is 0.952. The Kier molecular flexibility index (Phi) is 3.47. The summed E-state index contributed by atoms with van der Waals surface area (Å²) in [6.07, 6.45) is 2.35. The first-order chi connectivity index (χ1) is 7.83. The van der Waals surface area contributed by atoms with Crippen LogP contribution in [0.1, 0.15) is 5.89 Å². The van der Waals surface area contributed by atoms with Gasteiger partial charge in [-0.25, -0.2) is 4.98 Å². The number of aromatic nitrogens is 1. The molecule has 0 atom stereocenters. The van der Waals surface area contributed by atoms with E-state index in [1.807, 2.05) is 24.3 Å². The molecule has 0 amide bonds. The molecule has 0 N–H and O–H groups in total. The molecule has 2 rings (SSSR count). The number of methoxy groups -OCH3 is 1. The Balaban J connectivity index is 2.27. The monoisotopic (exact) mass is 237 g/mol. The minimum atomic E-state index is 0.512. The predicted octanol–water partition coefficient (Wildman–Crippen LogP) is 3.13. The fourth-order valence-corrected chi connectivity index (χ4v) is 1.58. The van der Waals surface area contributed by atoms with Gasteiger partial charge in [-0.05, 0) is 12.1 Å². The predicted molar refractivity (Wildman–Crippen MR) is 62.9 cm³/mol. The lowest BCUT2D eigenvalue weighted by molar-refractivity contribution is 0.414. The summed E-state index contributed by atoms with van der Waals surface area (Å²) in [5.74, 6) is 2.71. The van der Waals surface area contributed by atoms with Crippen molar-refractivity contribution in [3.8, 4) is 17.1 Å². The molecule has 0 aliphatic rings. The summed E-state index contributed by atoms with van der Waals surface area (Å²) in [7, 11) is 1.64. The highest BCUT2D eigenvalue weighted by Crippen LogP contribution is 2.24. The molecule has 0 saturated heterocycles. The van der Waals surface area contributed by atoms with Crippen molar-refractivity contribution >= 4 is 11.6 Å². The zero-order valence-electron chi connectivity index (χ0n) is 8.94. The molecule has 0 aliphatic heterocycles. The number of aryl methyl sites for hydroxylation is 1. The van der Waals surface area contributed by atoms with Gasteiger partial charge in [0.1, 0.15) is 5.75 Å². The highest BCUT2D eigenvalue weighted by Gasteiger charge is 2.06. The number of nitrogens with zero attached hydrogens (tertiary/aromatic N) is 1. The smallest absolute Gasteiger partial charge is 0.196 e. The molecular weight excluding hydrogens is 226 g/mol. The SMILES string of the molecule is COc1cccc(-c2cnc(CCCl)o2)c1. The lowest BCUT2D eigenvalue weighted by Gasteiger charge is -2.00. The Morgan fingerprint density at radius 2 is 2.31 bits per heavy atom. The highest BCUT2D eigenvalue weighted by molar-refractivity contribution is 6.17. The van der Waals surface area contributed by atoms with Crippen LogP contribution in [0.5, 0.6) is 5.75 Å². The van der Waals surface area contributed by atoms with Crippen molar-refractivity contribution in [2.24, 2.45) is 0 Å². The van der Waals surface area contributed by atoms with Gasteiger partial charge in [0.25, 0.3) is 0 Å². The zero-order chi connectivity index (χ0) is 11.4. The van der Waals surface area contributed by atoms with Gasteiger partial charge in [0, 0.05) is 17.9 Å². The van der Waals surface area contributed by atoms with Gasteiger partial charge in [-0.2, -0.15) is 0 Å². The molecule has 1 aromatic heterocycles. The van der Waals surface area contributed by atoms with E-state index in [0.717, 1.165) is 17.1 Å². The van der Waals surface area contributed by atoms with Gasteiger partial charge in [-0.15, -0.1) is 11.6 Å². The van der Waals surface area contributed by atoms with Crippen LogP contribution in [-0.4, -0.2) is 18.0 Å². The molecule has 0 aliphatic carbocycles. The number of hydrogen-bond donors (Lipinski definition) is 0. The summed E-state index contributed by atoms with van der Waals surface area (Å²) in [4.78, 5) is 4.15. The number of hydrogen-bond acceptors (Lipinski definition) is 3. The number of ether oxygens (including phenoxy) is 1. The molecule has 2 aromatic rings. The average molecular weight is 238 g/mol. The van der Waals surface area contributed by atoms with Gasteiger partial charge in [-0.1, -0.05) is 12.1 Å². The highest BCUT2D eigenvalue weighted by atomic mass is 35.5. The van der Waals surface area contributed by atoms with Crippen molar-refractivity contribution < 1.29 is 9.15 Å². The summed E-state index contributed by atoms with van der Waals surface area (Å²) in [5, 5.41) is 0. The normalized spacial score (nSPS) is 10.4. The van der Waals surface area contributed by atoms with E-state index in [0.29, 0.717) is 18.2 Å². The van der Waals surface area contributed by atoms with E-state index in [1.165, 1.54) is 0 Å². The maximum Gasteiger partial charge on any atom is 0.196 e. The quantitative estimate of drug-likeness (QED) is 0.767. The van der Waals surface area contributed by atoms with Crippen molar-refractivity contribution in [3.05, 3.63) is 36.4 Å². The van der Waals surface area contributed by atoms with Gasteiger partial charge in [0.15, 0.2) is 11.7 Å². The minimum absolute atomic E-state index is 0.512. The number of oxazole rings is 1. The first-order valence-corrected chi connectivity index (χ1v) is 5.52. The van der Waals surface area contributed by atoms with Crippen molar-refractivity contribution in [1.29, 1.82) is 0 Å². The summed E-state index contributed by atoms with van der Waals surface area (Å²) < 4.78 is 10.7. The first-order valence-electron chi connectivity index (χ1n) is 4.98. The molecule has 0 saturated carbocycles. The van der Waals surface area contributed by atoms with E-state index >= 15 is 0 Å². The van der Waals surface area contributed by atoms with Crippen LogP contribution < -0.4 is 4.74 Å². The van der Waals surface area contributed by atoms with E-state index in [-0.39, 0.29) is 0 Å². The molecule has 0 unspecified atom stereocenters. The fraction of sp³-hybridized carbons (Fsp3) is 0.250. The molecule has 4 heteroatoms. The van der Waals surface area contributed by atoms with Crippen LogP contribution in [0.15, 0.2) is 34.9 Å². The number of halogens is 1. The largest absolute Gasteiger partial charge is 0.497 e. The second kappa shape index (κ2) is 5.03. The van der Waals surface area contributed by atoms with Crippen molar-refractivity contribution in [1.82, 2.24) is 4.98 Å². The fourth-order valence-electron chi connectivity index (χ4n) is 1.42. The molecule has 0 radical (unpaired) electrons. The number of benzene rings is 1. The van der Waals surface area contributed by atoms with Crippen LogP contribution in [0.2, 0.25) is 0 Å². The van der Waals surface area contributed by atoms with E-state index in [9.17, 15) is 0 Å². The minimum Gasteiger partial charge on any atom is -0.497 e. The molecule has 1 heterocycles. The molecule has 0 bridgehead atoms. The Morgan fingerprint density at radius 3 is 3.06 bits per heavy atom. The van der Waals surface area contributed by atoms with Crippen LogP contribution >= 0.6 is 11.6 Å². The van der Waals surface area contributed by atoms with Gasteiger partial charge >= 0.3 is 0 Å². The second-order valence-electron chi connectivity index (χ2n) is 3.29. The summed E-state index contributed by atoms with van der Waals surface area (Å²) in [6, 6.07) is 7.66. The van der Waals surface area contributed by atoms with Crippen LogP contribution in [0.3, 0.4) is 0 Å². The number of rotatable bonds is 4. The zero-order valence-corrected chi connectivity index (χ0v) is 9.70. The number of alkyl halides is 1. The first kappa shape index (κ1) is 11.0. The molecule has 1 aromatic carbocycles. The Labute approximate surface area is 99.0 Å². The van der Waals surface area contributed by atoms with Crippen LogP contribution in [-0.2, 0) is 6.42 Å². The Morgan fingerprint density at radius 1 is 1.44 bits per heavy atom. The van der Waals surface area contributed by atoms with E-state index in [2.05, 4.69) is 4.98 Å². The maximum absolute atomic E-state index is 5.62. The third kappa shape index (κ3) is 2.36. The molecule has 16 heavy (non-hydrogen) atoms. The maximum atomic E-state index is 5.62. The van der Waals surface area contributed by atoms with Gasteiger partial charge in [0.05, 0.1) is 13.3 Å². The standard InChI is InChI=1S/C12H12ClNO2/c1-15-10-4-2-3-9(7-10)11-8-14-12(16-11)5-6-13/h2-4,7-8H,5-6H2,1H3. The second-order valence-corrected chi connectivity index (χ2v) is 3.67. The van der Waals surface area contributed by atoms with Crippen LogP contribution in [0.25, 0.3) is 11.3 Å². The van der Waals surface area contributed by atoms with Crippen molar-refractivity contribution in [2.75, 3.05) is 13.0 Å². The Bertz CT molecular complexity index is 468. The van der Waals surface area contributed by atoms with Gasteiger partial charge < -0.3 is 9.15 Å². The molecule has 0 fully saturated rings. The lowest BCUT2D eigenvalue weighted by atomic mass is 10.2. The van der Waals surface area contributed by atoms with E-state index in [1.54, 1.807) is 13.3 Å². The van der Waals surface area contributed by atoms with Crippen LogP contribution in [0, 0.1) is 0 Å². The van der Waals surface area contributed by atoms with E-state index in [4.69, 9.17) is 20.8 Å². The molecule has 3 nitrogen and oxygen atoms in total. The summed E-state index contributed by atoms with van der Waals surface area (Å²) >= 11 is 5.62. The van der Waals surface area contributed by atoms with Crippen molar-refractivity contribution in [3.63, 3.8) is 0 Å². The molecule has 0 spiro atoms. The Hall–Kier alpha value is -1.48. The van der Waals surface area contributed by atoms with Crippen molar-refractivity contribution in [2.45, 2.75) is 6.42 Å². The third-order valence-corrected chi connectivity index (χ3v) is 2.41. The topological polar surface area (TPSA) is 35.3 Å². The summed E-state index contributed by atoms with van der Waals surface area (Å²) in [6.45, 7) is 0. The average Bonchev–Trinajstić information content (AvgIpc) is 2.78. The van der Waals surface area contributed by atoms with E-state index < -0.39 is 0 Å². The van der Waals surface area contributed by atoms with Gasteiger partial charge in [0.2, 0.25) is 0 Å². The van der Waals surface area contributed by atoms with Crippen LogP contribution in [0.4, 0.5) is 0 Å². The molecular formula is C12H12ClNO2.